The summed E-state index contributed by atoms with van der Waals surface area (Å²) < 4.78 is 19.1. The molecule has 3 aromatic rings. The van der Waals surface area contributed by atoms with Crippen LogP contribution >= 0.6 is 0 Å². The van der Waals surface area contributed by atoms with Crippen molar-refractivity contribution in [2.45, 2.75) is 31.7 Å². The number of nitrogens with two attached hydrogens (primary N) is 1. The van der Waals surface area contributed by atoms with Gasteiger partial charge in [-0.1, -0.05) is 29.4 Å². The topological polar surface area (TPSA) is 64.9 Å². The molecule has 122 valence electrons. The maximum absolute atomic E-state index is 13.7. The van der Waals surface area contributed by atoms with Crippen molar-refractivity contribution in [3.8, 4) is 11.5 Å². The number of fused-ring (bicyclic) bond motifs is 1. The van der Waals surface area contributed by atoms with Gasteiger partial charge in [-0.2, -0.15) is 4.98 Å². The molecule has 0 saturated heterocycles. The molecule has 5 heteroatoms. The summed E-state index contributed by atoms with van der Waals surface area (Å²) >= 11 is 0. The molecule has 0 radical (unpaired) electrons. The highest BCUT2D eigenvalue weighted by molar-refractivity contribution is 5.56. The van der Waals surface area contributed by atoms with E-state index in [1.165, 1.54) is 17.2 Å². The highest BCUT2D eigenvalue weighted by Crippen LogP contribution is 2.31. The highest BCUT2D eigenvalue weighted by Gasteiger charge is 2.19. The number of hydrogen-bond acceptors (Lipinski definition) is 4. The van der Waals surface area contributed by atoms with Crippen molar-refractivity contribution < 1.29 is 8.91 Å². The summed E-state index contributed by atoms with van der Waals surface area (Å²) in [6.45, 7) is 0. The molecule has 1 aliphatic carbocycles. The molecule has 1 atom stereocenters. The van der Waals surface area contributed by atoms with E-state index in [1.807, 2.05) is 6.07 Å². The van der Waals surface area contributed by atoms with Gasteiger partial charge in [-0.05, 0) is 54.2 Å². The van der Waals surface area contributed by atoms with Crippen molar-refractivity contribution in [1.29, 1.82) is 0 Å². The van der Waals surface area contributed by atoms with Gasteiger partial charge in [0.05, 0.1) is 0 Å². The zero-order chi connectivity index (χ0) is 16.5. The molecule has 1 aliphatic rings. The maximum atomic E-state index is 13.7. The summed E-state index contributed by atoms with van der Waals surface area (Å²) in [6.07, 6.45) is 3.46. The molecule has 0 amide bonds. The van der Waals surface area contributed by atoms with E-state index >= 15 is 0 Å². The molecule has 4 nitrogen and oxygen atoms in total. The van der Waals surface area contributed by atoms with Gasteiger partial charge in [0.15, 0.2) is 5.82 Å². The summed E-state index contributed by atoms with van der Waals surface area (Å²) in [6, 6.07) is 12.8. The lowest BCUT2D eigenvalue weighted by Gasteiger charge is -2.22. The van der Waals surface area contributed by atoms with Gasteiger partial charge in [0, 0.05) is 18.0 Å². The largest absolute Gasteiger partial charge is 0.334 e. The number of nitrogens with zero attached hydrogens (tertiary/aromatic N) is 2. The van der Waals surface area contributed by atoms with Gasteiger partial charge < -0.3 is 10.3 Å². The van der Waals surface area contributed by atoms with E-state index in [4.69, 9.17) is 10.3 Å². The van der Waals surface area contributed by atoms with E-state index in [0.717, 1.165) is 24.8 Å². The SMILES string of the molecule is NC1CCCc2cc(-c3nc(Cc4ccccc4F)no3)ccc21. The standard InChI is InChI=1S/C19H18FN3O/c20-16-6-2-1-4-13(16)11-18-22-19(24-23-18)14-8-9-15-12(10-14)5-3-7-17(15)21/h1-2,4,6,8-10,17H,3,5,7,11,21H2. The second-order valence-corrected chi connectivity index (χ2v) is 6.20. The van der Waals surface area contributed by atoms with Crippen LogP contribution in [0, 0.1) is 5.82 Å². The monoisotopic (exact) mass is 323 g/mol. The number of benzene rings is 2. The Hall–Kier alpha value is -2.53. The molecule has 1 aromatic heterocycles. The lowest BCUT2D eigenvalue weighted by Crippen LogP contribution is -2.17. The van der Waals surface area contributed by atoms with E-state index in [-0.39, 0.29) is 11.9 Å². The van der Waals surface area contributed by atoms with Gasteiger partial charge in [-0.3, -0.25) is 0 Å². The van der Waals surface area contributed by atoms with Crippen molar-refractivity contribution in [3.63, 3.8) is 0 Å². The third-order valence-electron chi connectivity index (χ3n) is 4.53. The number of aromatic nitrogens is 2. The van der Waals surface area contributed by atoms with E-state index in [0.29, 0.717) is 23.7 Å². The molecule has 0 spiro atoms. The second-order valence-electron chi connectivity index (χ2n) is 6.20. The Morgan fingerprint density at radius 3 is 2.96 bits per heavy atom. The van der Waals surface area contributed by atoms with Crippen LogP contribution in [0.2, 0.25) is 0 Å². The molecule has 0 fully saturated rings. The minimum Gasteiger partial charge on any atom is -0.334 e. The fraction of sp³-hybridized carbons (Fsp3) is 0.263. The average Bonchev–Trinajstić information content (AvgIpc) is 3.05. The summed E-state index contributed by atoms with van der Waals surface area (Å²) in [5.41, 5.74) is 10.0. The average molecular weight is 323 g/mol. The van der Waals surface area contributed by atoms with Crippen LogP contribution in [0.15, 0.2) is 47.0 Å². The first-order valence-corrected chi connectivity index (χ1v) is 8.15. The third-order valence-corrected chi connectivity index (χ3v) is 4.53. The van der Waals surface area contributed by atoms with Gasteiger partial charge in [0.25, 0.3) is 5.89 Å². The van der Waals surface area contributed by atoms with Crippen LogP contribution in [0.25, 0.3) is 11.5 Å². The molecular weight excluding hydrogens is 305 g/mol. The van der Waals surface area contributed by atoms with Crippen LogP contribution < -0.4 is 5.73 Å². The Kier molecular flexibility index (Phi) is 3.86. The first kappa shape index (κ1) is 15.0. The Bertz CT molecular complexity index is 875. The Morgan fingerprint density at radius 1 is 1.21 bits per heavy atom. The predicted octanol–water partition coefficient (Wildman–Crippen LogP) is 3.80. The van der Waals surface area contributed by atoms with Crippen molar-refractivity contribution in [2.24, 2.45) is 5.73 Å². The summed E-state index contributed by atoms with van der Waals surface area (Å²) in [4.78, 5) is 4.41. The second kappa shape index (κ2) is 6.17. The van der Waals surface area contributed by atoms with Crippen molar-refractivity contribution in [1.82, 2.24) is 10.1 Å². The van der Waals surface area contributed by atoms with Crippen LogP contribution in [-0.2, 0) is 12.8 Å². The Labute approximate surface area is 139 Å². The summed E-state index contributed by atoms with van der Waals surface area (Å²) in [7, 11) is 0. The number of halogens is 1. The molecule has 2 aromatic carbocycles. The fourth-order valence-electron chi connectivity index (χ4n) is 3.24. The van der Waals surface area contributed by atoms with Crippen LogP contribution in [0.3, 0.4) is 0 Å². The van der Waals surface area contributed by atoms with Gasteiger partial charge in [-0.25, -0.2) is 4.39 Å². The third kappa shape index (κ3) is 2.83. The molecule has 0 aliphatic heterocycles. The predicted molar refractivity (Wildman–Crippen MR) is 88.8 cm³/mol. The molecular formula is C19H18FN3O. The normalized spacial score (nSPS) is 16.8. The maximum Gasteiger partial charge on any atom is 0.257 e. The Balaban J connectivity index is 1.60. The van der Waals surface area contributed by atoms with Crippen LogP contribution in [0.4, 0.5) is 4.39 Å². The smallest absolute Gasteiger partial charge is 0.257 e. The highest BCUT2D eigenvalue weighted by atomic mass is 19.1. The van der Waals surface area contributed by atoms with Crippen LogP contribution in [0.5, 0.6) is 0 Å². The van der Waals surface area contributed by atoms with Crippen LogP contribution in [0.1, 0.15) is 41.4 Å². The number of rotatable bonds is 3. The lowest BCUT2D eigenvalue weighted by molar-refractivity contribution is 0.423. The van der Waals surface area contributed by atoms with Crippen molar-refractivity contribution in [3.05, 3.63) is 70.8 Å². The zero-order valence-electron chi connectivity index (χ0n) is 13.2. The Morgan fingerprint density at radius 2 is 2.08 bits per heavy atom. The van der Waals surface area contributed by atoms with Gasteiger partial charge in [0.2, 0.25) is 0 Å². The van der Waals surface area contributed by atoms with Gasteiger partial charge in [-0.15, -0.1) is 0 Å². The van der Waals surface area contributed by atoms with Crippen LogP contribution in [-0.4, -0.2) is 10.1 Å². The molecule has 4 rings (SSSR count). The molecule has 0 saturated carbocycles. The van der Waals surface area contributed by atoms with E-state index < -0.39 is 0 Å². The summed E-state index contributed by atoms with van der Waals surface area (Å²) in [5, 5.41) is 3.98. The van der Waals surface area contributed by atoms with E-state index in [1.54, 1.807) is 18.2 Å². The molecule has 24 heavy (non-hydrogen) atoms. The fourth-order valence-corrected chi connectivity index (χ4v) is 3.24. The van der Waals surface area contributed by atoms with Crippen molar-refractivity contribution in [2.75, 3.05) is 0 Å². The molecule has 1 heterocycles. The first-order valence-electron chi connectivity index (χ1n) is 8.15. The van der Waals surface area contributed by atoms with Gasteiger partial charge in [0.1, 0.15) is 5.82 Å². The molecule has 0 bridgehead atoms. The van der Waals surface area contributed by atoms with Crippen molar-refractivity contribution >= 4 is 0 Å². The number of aryl methyl sites for hydroxylation is 1. The first-order chi connectivity index (χ1) is 11.7. The zero-order valence-corrected chi connectivity index (χ0v) is 13.2. The minimum absolute atomic E-state index is 0.113. The quantitative estimate of drug-likeness (QED) is 0.796. The summed E-state index contributed by atoms with van der Waals surface area (Å²) in [5.74, 6) is 0.680. The van der Waals surface area contributed by atoms with E-state index in [2.05, 4.69) is 22.3 Å². The molecule has 1 unspecified atom stereocenters. The molecule has 2 N–H and O–H groups in total. The number of hydrogen-bond donors (Lipinski definition) is 1. The lowest BCUT2D eigenvalue weighted by atomic mass is 9.87. The van der Waals surface area contributed by atoms with E-state index in [9.17, 15) is 4.39 Å². The van der Waals surface area contributed by atoms with Gasteiger partial charge >= 0.3 is 0 Å². The minimum atomic E-state index is -0.258.